The zero-order valence-corrected chi connectivity index (χ0v) is 8.91. The van der Waals surface area contributed by atoms with E-state index in [0.717, 1.165) is 12.2 Å². The van der Waals surface area contributed by atoms with Crippen molar-refractivity contribution >= 4 is 0 Å². The zero-order chi connectivity index (χ0) is 10.0. The second-order valence-corrected chi connectivity index (χ2v) is 3.90. The van der Waals surface area contributed by atoms with Gasteiger partial charge in [0.25, 0.3) is 0 Å². The fraction of sp³-hybridized carbons (Fsp3) is 0.700. The molecule has 0 aliphatic carbocycles. The van der Waals surface area contributed by atoms with E-state index in [0.29, 0.717) is 5.92 Å². The molecule has 74 valence electrons. The Labute approximate surface area is 80.0 Å². The van der Waals surface area contributed by atoms with Crippen LogP contribution in [-0.4, -0.2) is 15.6 Å². The maximum atomic E-state index is 5.76. The number of hydrogen-bond donors (Lipinski definition) is 1. The summed E-state index contributed by atoms with van der Waals surface area (Å²) in [5, 5.41) is 0. The van der Waals surface area contributed by atoms with Crippen LogP contribution in [0.5, 0.6) is 0 Å². The number of aryl methyl sites for hydroxylation is 1. The summed E-state index contributed by atoms with van der Waals surface area (Å²) in [5.41, 5.74) is 7.03. The molecule has 13 heavy (non-hydrogen) atoms. The van der Waals surface area contributed by atoms with Gasteiger partial charge in [-0.15, -0.1) is 0 Å². The fourth-order valence-electron chi connectivity index (χ4n) is 1.66. The molecule has 3 heteroatoms. The van der Waals surface area contributed by atoms with Gasteiger partial charge in [-0.2, -0.15) is 0 Å². The van der Waals surface area contributed by atoms with Crippen molar-refractivity contribution in [2.75, 3.05) is 0 Å². The number of hydrogen-bond acceptors (Lipinski definition) is 2. The van der Waals surface area contributed by atoms with E-state index in [2.05, 4.69) is 23.5 Å². The molecule has 1 rings (SSSR count). The lowest BCUT2D eigenvalue weighted by Crippen LogP contribution is -2.18. The quantitative estimate of drug-likeness (QED) is 0.769. The highest BCUT2D eigenvalue weighted by Gasteiger charge is 2.12. The third-order valence-corrected chi connectivity index (χ3v) is 2.49. The predicted molar refractivity (Wildman–Crippen MR) is 54.6 cm³/mol. The first-order valence-corrected chi connectivity index (χ1v) is 4.76. The van der Waals surface area contributed by atoms with E-state index in [1.165, 1.54) is 5.69 Å². The Morgan fingerprint density at radius 1 is 1.54 bits per heavy atom. The number of imidazole rings is 1. The summed E-state index contributed by atoms with van der Waals surface area (Å²) in [6.45, 7) is 6.25. The highest BCUT2D eigenvalue weighted by atomic mass is 15.1. The molecule has 0 aromatic carbocycles. The molecular formula is C10H19N3. The van der Waals surface area contributed by atoms with Crippen LogP contribution in [-0.2, 0) is 7.05 Å². The van der Waals surface area contributed by atoms with E-state index < -0.39 is 0 Å². The van der Waals surface area contributed by atoms with Crippen molar-refractivity contribution in [3.63, 3.8) is 0 Å². The van der Waals surface area contributed by atoms with E-state index in [1.54, 1.807) is 0 Å². The SMILES string of the molecule is Cc1ncc(C(C)CC(C)N)n1C. The average Bonchev–Trinajstić information content (AvgIpc) is 2.31. The van der Waals surface area contributed by atoms with Crippen LogP contribution in [0, 0.1) is 6.92 Å². The van der Waals surface area contributed by atoms with E-state index in [1.807, 2.05) is 20.0 Å². The van der Waals surface area contributed by atoms with Gasteiger partial charge in [0.15, 0.2) is 0 Å². The van der Waals surface area contributed by atoms with Crippen LogP contribution in [0.25, 0.3) is 0 Å². The first-order chi connectivity index (χ1) is 6.02. The van der Waals surface area contributed by atoms with Crippen LogP contribution in [0.2, 0.25) is 0 Å². The molecule has 3 nitrogen and oxygen atoms in total. The van der Waals surface area contributed by atoms with Gasteiger partial charge in [0.05, 0.1) is 0 Å². The van der Waals surface area contributed by atoms with Crippen molar-refractivity contribution < 1.29 is 0 Å². The molecule has 0 bridgehead atoms. The summed E-state index contributed by atoms with van der Waals surface area (Å²) >= 11 is 0. The molecule has 2 unspecified atom stereocenters. The first-order valence-electron chi connectivity index (χ1n) is 4.76. The Balaban J connectivity index is 2.76. The minimum atomic E-state index is 0.255. The first kappa shape index (κ1) is 10.3. The topological polar surface area (TPSA) is 43.8 Å². The Hall–Kier alpha value is -0.830. The monoisotopic (exact) mass is 181 g/mol. The van der Waals surface area contributed by atoms with Crippen molar-refractivity contribution in [2.45, 2.75) is 39.2 Å². The van der Waals surface area contributed by atoms with E-state index >= 15 is 0 Å². The smallest absolute Gasteiger partial charge is 0.105 e. The number of nitrogens with zero attached hydrogens (tertiary/aromatic N) is 2. The normalized spacial score (nSPS) is 15.8. The van der Waals surface area contributed by atoms with Crippen molar-refractivity contribution in [2.24, 2.45) is 12.8 Å². The molecule has 1 heterocycles. The summed E-state index contributed by atoms with van der Waals surface area (Å²) in [4.78, 5) is 4.27. The molecule has 2 atom stereocenters. The van der Waals surface area contributed by atoms with Gasteiger partial charge >= 0.3 is 0 Å². The van der Waals surface area contributed by atoms with Gasteiger partial charge in [-0.1, -0.05) is 6.92 Å². The maximum Gasteiger partial charge on any atom is 0.105 e. The predicted octanol–water partition coefficient (Wildman–Crippen LogP) is 1.57. The van der Waals surface area contributed by atoms with Gasteiger partial charge < -0.3 is 10.3 Å². The minimum absolute atomic E-state index is 0.255. The van der Waals surface area contributed by atoms with Gasteiger partial charge in [-0.3, -0.25) is 0 Å². The Bertz CT molecular complexity index is 276. The van der Waals surface area contributed by atoms with E-state index in [4.69, 9.17) is 5.73 Å². The second-order valence-electron chi connectivity index (χ2n) is 3.90. The van der Waals surface area contributed by atoms with Gasteiger partial charge in [0.2, 0.25) is 0 Å². The molecule has 0 amide bonds. The third kappa shape index (κ3) is 2.31. The number of aromatic nitrogens is 2. The fourth-order valence-corrected chi connectivity index (χ4v) is 1.66. The molecule has 0 radical (unpaired) electrons. The highest BCUT2D eigenvalue weighted by molar-refractivity contribution is 5.09. The standard InChI is InChI=1S/C10H19N3/c1-7(5-8(2)11)10-6-12-9(3)13(10)4/h6-8H,5,11H2,1-4H3. The van der Waals surface area contributed by atoms with Crippen LogP contribution in [0.3, 0.4) is 0 Å². The molecule has 0 saturated heterocycles. The van der Waals surface area contributed by atoms with Crippen molar-refractivity contribution in [1.82, 2.24) is 9.55 Å². The summed E-state index contributed by atoms with van der Waals surface area (Å²) in [5.74, 6) is 1.55. The molecule has 0 aliphatic heterocycles. The van der Waals surface area contributed by atoms with Crippen molar-refractivity contribution in [3.05, 3.63) is 17.7 Å². The van der Waals surface area contributed by atoms with Crippen LogP contribution in [0.4, 0.5) is 0 Å². The molecule has 1 aromatic heterocycles. The van der Waals surface area contributed by atoms with E-state index in [9.17, 15) is 0 Å². The van der Waals surface area contributed by atoms with Gasteiger partial charge in [0.1, 0.15) is 5.82 Å². The minimum Gasteiger partial charge on any atom is -0.335 e. The number of nitrogens with two attached hydrogens (primary N) is 1. The summed E-state index contributed by atoms with van der Waals surface area (Å²) < 4.78 is 2.13. The molecule has 0 aliphatic rings. The molecule has 0 saturated carbocycles. The molecular weight excluding hydrogens is 162 g/mol. The van der Waals surface area contributed by atoms with Crippen LogP contribution in [0.1, 0.15) is 37.7 Å². The lowest BCUT2D eigenvalue weighted by molar-refractivity contribution is 0.559. The van der Waals surface area contributed by atoms with Crippen molar-refractivity contribution in [1.29, 1.82) is 0 Å². The average molecular weight is 181 g/mol. The Morgan fingerprint density at radius 2 is 2.15 bits per heavy atom. The lowest BCUT2D eigenvalue weighted by Gasteiger charge is -2.14. The van der Waals surface area contributed by atoms with Gasteiger partial charge in [-0.25, -0.2) is 4.98 Å². The van der Waals surface area contributed by atoms with Gasteiger partial charge in [-0.05, 0) is 26.2 Å². The van der Waals surface area contributed by atoms with Crippen LogP contribution < -0.4 is 5.73 Å². The molecule has 1 aromatic rings. The third-order valence-electron chi connectivity index (χ3n) is 2.49. The Kier molecular flexibility index (Phi) is 3.09. The Morgan fingerprint density at radius 3 is 2.54 bits per heavy atom. The maximum absolute atomic E-state index is 5.76. The largest absolute Gasteiger partial charge is 0.335 e. The highest BCUT2D eigenvalue weighted by Crippen LogP contribution is 2.19. The molecule has 0 fully saturated rings. The van der Waals surface area contributed by atoms with Crippen LogP contribution >= 0.6 is 0 Å². The zero-order valence-electron chi connectivity index (χ0n) is 8.91. The van der Waals surface area contributed by atoms with E-state index in [-0.39, 0.29) is 6.04 Å². The second kappa shape index (κ2) is 3.92. The van der Waals surface area contributed by atoms with Crippen molar-refractivity contribution in [3.8, 4) is 0 Å². The summed E-state index contributed by atoms with van der Waals surface area (Å²) in [7, 11) is 2.05. The van der Waals surface area contributed by atoms with Crippen LogP contribution in [0.15, 0.2) is 6.20 Å². The molecule has 0 spiro atoms. The lowest BCUT2D eigenvalue weighted by atomic mass is 10.0. The molecule has 2 N–H and O–H groups in total. The summed E-state index contributed by atoms with van der Waals surface area (Å²) in [6, 6.07) is 0.255. The number of rotatable bonds is 3. The van der Waals surface area contributed by atoms with Gasteiger partial charge in [0, 0.05) is 25.0 Å². The summed E-state index contributed by atoms with van der Waals surface area (Å²) in [6.07, 6.45) is 2.96.